The van der Waals surface area contributed by atoms with E-state index in [1.807, 2.05) is 38.2 Å². The van der Waals surface area contributed by atoms with E-state index in [9.17, 15) is 0 Å². The second-order valence-electron chi connectivity index (χ2n) is 4.83. The van der Waals surface area contributed by atoms with Crippen LogP contribution in [0.15, 0.2) is 46.1 Å². The van der Waals surface area contributed by atoms with E-state index in [-0.39, 0.29) is 24.0 Å². The van der Waals surface area contributed by atoms with E-state index >= 15 is 0 Å². The lowest BCUT2D eigenvalue weighted by atomic mass is 10.2. The Morgan fingerprint density at radius 1 is 1.35 bits per heavy atom. The summed E-state index contributed by atoms with van der Waals surface area (Å²) in [5, 5.41) is 7.15. The van der Waals surface area contributed by atoms with Crippen molar-refractivity contribution in [3.05, 3.63) is 47.9 Å². The van der Waals surface area contributed by atoms with Gasteiger partial charge in [-0.1, -0.05) is 23.4 Å². The molecule has 0 atom stereocenters. The molecule has 2 rings (SSSR count). The summed E-state index contributed by atoms with van der Waals surface area (Å²) >= 11 is 0. The quantitative estimate of drug-likeness (QED) is 0.434. The lowest BCUT2D eigenvalue weighted by Gasteiger charge is -2.23. The molecule has 0 aliphatic carbocycles. The Balaban J connectivity index is 0.00000264. The molecule has 0 unspecified atom stereocenters. The summed E-state index contributed by atoms with van der Waals surface area (Å²) in [6.07, 6.45) is 1.55. The minimum Gasteiger partial charge on any atom is -0.496 e. The molecule has 0 amide bonds. The summed E-state index contributed by atoms with van der Waals surface area (Å²) in [5.74, 6) is 1.69. The standard InChI is InChI=1S/C16H22N4O2.HI/c1-4-17-16(18-11-14-9-10-22-19-14)20(2)12-13-7-5-6-8-15(13)21-3;/h5-10H,4,11-12H2,1-3H3,(H,17,18);1H. The first-order chi connectivity index (χ1) is 10.7. The summed E-state index contributed by atoms with van der Waals surface area (Å²) in [6.45, 7) is 4.03. The van der Waals surface area contributed by atoms with Gasteiger partial charge in [0, 0.05) is 31.8 Å². The van der Waals surface area contributed by atoms with Crippen molar-refractivity contribution < 1.29 is 9.26 Å². The number of hydrogen-bond acceptors (Lipinski definition) is 4. The van der Waals surface area contributed by atoms with Crippen molar-refractivity contribution in [2.45, 2.75) is 20.0 Å². The second kappa shape index (κ2) is 10.1. The van der Waals surface area contributed by atoms with Gasteiger partial charge in [0.25, 0.3) is 0 Å². The van der Waals surface area contributed by atoms with Gasteiger partial charge in [0.15, 0.2) is 5.96 Å². The summed E-state index contributed by atoms with van der Waals surface area (Å²) in [6, 6.07) is 9.80. The van der Waals surface area contributed by atoms with E-state index in [1.165, 1.54) is 0 Å². The molecular formula is C16H23IN4O2. The molecule has 0 bridgehead atoms. The number of methoxy groups -OCH3 is 1. The van der Waals surface area contributed by atoms with Crippen LogP contribution in [-0.2, 0) is 13.1 Å². The van der Waals surface area contributed by atoms with Crippen molar-refractivity contribution >= 4 is 29.9 Å². The first-order valence-electron chi connectivity index (χ1n) is 7.25. The summed E-state index contributed by atoms with van der Waals surface area (Å²) < 4.78 is 10.2. The van der Waals surface area contributed by atoms with Gasteiger partial charge in [-0.05, 0) is 13.0 Å². The van der Waals surface area contributed by atoms with Gasteiger partial charge in [-0.2, -0.15) is 0 Å². The van der Waals surface area contributed by atoms with E-state index in [0.29, 0.717) is 13.1 Å². The molecule has 0 spiro atoms. The van der Waals surface area contributed by atoms with E-state index in [1.54, 1.807) is 13.4 Å². The van der Waals surface area contributed by atoms with Crippen LogP contribution in [0.4, 0.5) is 0 Å². The van der Waals surface area contributed by atoms with Crippen molar-refractivity contribution in [1.29, 1.82) is 0 Å². The number of guanidine groups is 1. The number of benzene rings is 1. The minimum absolute atomic E-state index is 0. The third kappa shape index (κ3) is 5.74. The number of aromatic nitrogens is 1. The molecule has 1 aromatic carbocycles. The predicted octanol–water partition coefficient (Wildman–Crippen LogP) is 2.90. The Morgan fingerprint density at radius 2 is 2.13 bits per heavy atom. The number of ether oxygens (including phenoxy) is 1. The first kappa shape index (κ1) is 19.3. The van der Waals surface area contributed by atoms with Crippen LogP contribution in [0.3, 0.4) is 0 Å². The molecule has 0 fully saturated rings. The maximum absolute atomic E-state index is 5.40. The molecule has 0 saturated heterocycles. The summed E-state index contributed by atoms with van der Waals surface area (Å²) in [5.41, 5.74) is 1.92. The van der Waals surface area contributed by atoms with Gasteiger partial charge in [-0.15, -0.1) is 24.0 Å². The topological polar surface area (TPSA) is 62.9 Å². The highest BCUT2D eigenvalue weighted by molar-refractivity contribution is 14.0. The van der Waals surface area contributed by atoms with Gasteiger partial charge in [0.2, 0.25) is 0 Å². The normalized spacial score (nSPS) is 10.8. The molecular weight excluding hydrogens is 407 g/mol. The monoisotopic (exact) mass is 430 g/mol. The fourth-order valence-corrected chi connectivity index (χ4v) is 2.11. The zero-order chi connectivity index (χ0) is 15.8. The third-order valence-corrected chi connectivity index (χ3v) is 3.18. The highest BCUT2D eigenvalue weighted by atomic mass is 127. The molecule has 0 radical (unpaired) electrons. The van der Waals surface area contributed by atoms with Gasteiger partial charge in [0.05, 0.1) is 13.7 Å². The van der Waals surface area contributed by atoms with Gasteiger partial charge >= 0.3 is 0 Å². The van der Waals surface area contributed by atoms with Crippen molar-refractivity contribution in [2.75, 3.05) is 20.7 Å². The Hall–Kier alpha value is -1.77. The van der Waals surface area contributed by atoms with Crippen LogP contribution >= 0.6 is 24.0 Å². The molecule has 7 heteroatoms. The Labute approximate surface area is 153 Å². The van der Waals surface area contributed by atoms with Crippen LogP contribution in [0.1, 0.15) is 18.2 Å². The predicted molar refractivity (Wildman–Crippen MR) is 101 cm³/mol. The number of aliphatic imine (C=N–C) groups is 1. The van der Waals surface area contributed by atoms with Crippen LogP contribution in [-0.4, -0.2) is 36.7 Å². The maximum Gasteiger partial charge on any atom is 0.194 e. The Bertz CT molecular complexity index is 602. The fourth-order valence-electron chi connectivity index (χ4n) is 2.11. The van der Waals surface area contributed by atoms with Crippen molar-refractivity contribution in [1.82, 2.24) is 15.4 Å². The molecule has 0 saturated carbocycles. The zero-order valence-corrected chi connectivity index (χ0v) is 16.0. The lowest BCUT2D eigenvalue weighted by molar-refractivity contribution is 0.395. The van der Waals surface area contributed by atoms with Crippen molar-refractivity contribution in [3.8, 4) is 5.75 Å². The molecule has 1 aromatic heterocycles. The van der Waals surface area contributed by atoms with Gasteiger partial charge in [-0.3, -0.25) is 0 Å². The second-order valence-corrected chi connectivity index (χ2v) is 4.83. The smallest absolute Gasteiger partial charge is 0.194 e. The van der Waals surface area contributed by atoms with Gasteiger partial charge < -0.3 is 19.5 Å². The van der Waals surface area contributed by atoms with Crippen LogP contribution in [0.5, 0.6) is 5.75 Å². The fraction of sp³-hybridized carbons (Fsp3) is 0.375. The number of rotatable bonds is 6. The Kier molecular flexibility index (Phi) is 8.46. The molecule has 23 heavy (non-hydrogen) atoms. The maximum atomic E-state index is 5.40. The average molecular weight is 430 g/mol. The zero-order valence-electron chi connectivity index (χ0n) is 13.7. The number of hydrogen-bond donors (Lipinski definition) is 1. The minimum atomic E-state index is 0. The molecule has 0 aliphatic heterocycles. The van der Waals surface area contributed by atoms with E-state index < -0.39 is 0 Å². The number of nitrogens with zero attached hydrogens (tertiary/aromatic N) is 3. The molecule has 126 valence electrons. The molecule has 0 aliphatic rings. The largest absolute Gasteiger partial charge is 0.496 e. The number of para-hydroxylation sites is 1. The highest BCUT2D eigenvalue weighted by Crippen LogP contribution is 2.18. The van der Waals surface area contributed by atoms with Crippen LogP contribution in [0.25, 0.3) is 0 Å². The molecule has 1 N–H and O–H groups in total. The summed E-state index contributed by atoms with van der Waals surface area (Å²) in [4.78, 5) is 6.63. The first-order valence-corrected chi connectivity index (χ1v) is 7.25. The molecule has 1 heterocycles. The highest BCUT2D eigenvalue weighted by Gasteiger charge is 2.10. The lowest BCUT2D eigenvalue weighted by Crippen LogP contribution is -2.38. The van der Waals surface area contributed by atoms with Crippen LogP contribution < -0.4 is 10.1 Å². The van der Waals surface area contributed by atoms with Crippen molar-refractivity contribution in [2.24, 2.45) is 4.99 Å². The van der Waals surface area contributed by atoms with Gasteiger partial charge in [0.1, 0.15) is 17.7 Å². The van der Waals surface area contributed by atoms with E-state index in [4.69, 9.17) is 9.26 Å². The Morgan fingerprint density at radius 3 is 2.78 bits per heavy atom. The SMILES string of the molecule is CCNC(=NCc1ccon1)N(C)Cc1ccccc1OC.I. The van der Waals surface area contributed by atoms with Crippen LogP contribution in [0.2, 0.25) is 0 Å². The number of nitrogens with one attached hydrogen (secondary N) is 1. The molecule has 6 nitrogen and oxygen atoms in total. The summed E-state index contributed by atoms with van der Waals surface area (Å²) in [7, 11) is 3.68. The number of halogens is 1. The van der Waals surface area contributed by atoms with E-state index in [0.717, 1.165) is 29.5 Å². The van der Waals surface area contributed by atoms with Gasteiger partial charge in [-0.25, -0.2) is 4.99 Å². The van der Waals surface area contributed by atoms with Crippen LogP contribution in [0, 0.1) is 0 Å². The average Bonchev–Trinajstić information content (AvgIpc) is 3.05. The van der Waals surface area contributed by atoms with E-state index in [2.05, 4.69) is 26.4 Å². The third-order valence-electron chi connectivity index (χ3n) is 3.18. The molecule has 2 aromatic rings. The van der Waals surface area contributed by atoms with Crippen molar-refractivity contribution in [3.63, 3.8) is 0 Å².